The fourth-order valence-electron chi connectivity index (χ4n) is 2.20. The van der Waals surface area contributed by atoms with E-state index in [0.717, 1.165) is 6.07 Å². The zero-order chi connectivity index (χ0) is 17.3. The van der Waals surface area contributed by atoms with Gasteiger partial charge in [0.15, 0.2) is 5.78 Å². The SMILES string of the molecule is CCCC(=N)C(=O)OC1CC1C(=O)c1cc(F)c(C)c(F)c1Cl. The average molecular weight is 344 g/mol. The van der Waals surface area contributed by atoms with Gasteiger partial charge < -0.3 is 4.74 Å². The summed E-state index contributed by atoms with van der Waals surface area (Å²) in [6.07, 6.45) is 0.524. The highest BCUT2D eigenvalue weighted by Crippen LogP contribution is 2.39. The Morgan fingerprint density at radius 2 is 2.09 bits per heavy atom. The first-order chi connectivity index (χ1) is 10.8. The van der Waals surface area contributed by atoms with Crippen LogP contribution in [-0.2, 0) is 9.53 Å². The van der Waals surface area contributed by atoms with E-state index in [1.54, 1.807) is 0 Å². The molecule has 0 saturated heterocycles. The van der Waals surface area contributed by atoms with Crippen molar-refractivity contribution in [1.29, 1.82) is 5.41 Å². The molecule has 23 heavy (non-hydrogen) atoms. The third kappa shape index (κ3) is 3.58. The van der Waals surface area contributed by atoms with Crippen molar-refractivity contribution in [2.24, 2.45) is 5.92 Å². The molecule has 1 aliphatic carbocycles. The summed E-state index contributed by atoms with van der Waals surface area (Å²) in [5.74, 6) is -3.82. The summed E-state index contributed by atoms with van der Waals surface area (Å²) in [5, 5.41) is 7.06. The Morgan fingerprint density at radius 3 is 2.70 bits per heavy atom. The van der Waals surface area contributed by atoms with Crippen LogP contribution in [0.1, 0.15) is 42.1 Å². The topological polar surface area (TPSA) is 67.2 Å². The van der Waals surface area contributed by atoms with Gasteiger partial charge in [-0.05, 0) is 25.8 Å². The van der Waals surface area contributed by atoms with E-state index >= 15 is 0 Å². The number of nitrogens with one attached hydrogen (secondary N) is 1. The molecule has 0 bridgehead atoms. The van der Waals surface area contributed by atoms with Crippen LogP contribution >= 0.6 is 11.6 Å². The van der Waals surface area contributed by atoms with Gasteiger partial charge in [-0.1, -0.05) is 24.9 Å². The summed E-state index contributed by atoms with van der Waals surface area (Å²) in [6.45, 7) is 3.06. The molecule has 2 rings (SSSR count). The Morgan fingerprint density at radius 1 is 1.43 bits per heavy atom. The molecule has 1 aromatic rings. The molecule has 0 aliphatic heterocycles. The minimum absolute atomic E-state index is 0.156. The van der Waals surface area contributed by atoms with E-state index in [2.05, 4.69) is 0 Å². The van der Waals surface area contributed by atoms with Gasteiger partial charge in [0.25, 0.3) is 0 Å². The fraction of sp³-hybridized carbons (Fsp3) is 0.438. The summed E-state index contributed by atoms with van der Waals surface area (Å²) < 4.78 is 32.4. The van der Waals surface area contributed by atoms with Crippen LogP contribution in [0.25, 0.3) is 0 Å². The maximum atomic E-state index is 13.8. The predicted molar refractivity (Wildman–Crippen MR) is 81.1 cm³/mol. The number of esters is 1. The van der Waals surface area contributed by atoms with Gasteiger partial charge in [-0.2, -0.15) is 0 Å². The van der Waals surface area contributed by atoms with Crippen LogP contribution in [0.15, 0.2) is 6.07 Å². The van der Waals surface area contributed by atoms with E-state index in [1.165, 1.54) is 6.92 Å². The molecule has 0 heterocycles. The first-order valence-corrected chi connectivity index (χ1v) is 7.62. The number of halogens is 3. The van der Waals surface area contributed by atoms with Crippen molar-refractivity contribution in [3.05, 3.63) is 33.9 Å². The number of Topliss-reactive ketones (excluding diaryl/α,β-unsaturated/α-hetero) is 1. The molecule has 0 aromatic heterocycles. The molecule has 1 aromatic carbocycles. The Labute approximate surface area is 137 Å². The molecule has 1 aliphatic rings. The maximum absolute atomic E-state index is 13.8. The van der Waals surface area contributed by atoms with Crippen molar-refractivity contribution in [3.63, 3.8) is 0 Å². The molecule has 1 saturated carbocycles. The molecular formula is C16H16ClF2NO3. The molecule has 2 unspecified atom stereocenters. The van der Waals surface area contributed by atoms with Crippen LogP contribution < -0.4 is 0 Å². The van der Waals surface area contributed by atoms with Gasteiger partial charge in [0.05, 0.1) is 10.9 Å². The molecule has 124 valence electrons. The van der Waals surface area contributed by atoms with E-state index in [4.69, 9.17) is 21.7 Å². The predicted octanol–water partition coefficient (Wildman–Crippen LogP) is 3.86. The summed E-state index contributed by atoms with van der Waals surface area (Å²) >= 11 is 5.78. The Hall–Kier alpha value is -1.82. The number of hydrogen-bond donors (Lipinski definition) is 1. The normalized spacial score (nSPS) is 19.3. The highest BCUT2D eigenvalue weighted by Gasteiger charge is 2.47. The Balaban J connectivity index is 2.07. The lowest BCUT2D eigenvalue weighted by atomic mass is 10.0. The Kier molecular flexibility index (Phi) is 5.14. The lowest BCUT2D eigenvalue weighted by Gasteiger charge is -2.08. The lowest BCUT2D eigenvalue weighted by molar-refractivity contribution is -0.137. The largest absolute Gasteiger partial charge is 0.457 e. The number of ether oxygens (including phenoxy) is 1. The van der Waals surface area contributed by atoms with Gasteiger partial charge in [0.1, 0.15) is 23.5 Å². The van der Waals surface area contributed by atoms with Gasteiger partial charge in [-0.3, -0.25) is 10.2 Å². The van der Waals surface area contributed by atoms with Crippen molar-refractivity contribution in [2.75, 3.05) is 0 Å². The van der Waals surface area contributed by atoms with Crippen LogP contribution in [0.3, 0.4) is 0 Å². The van der Waals surface area contributed by atoms with E-state index in [0.29, 0.717) is 12.8 Å². The average Bonchev–Trinajstić information content (AvgIpc) is 3.27. The summed E-state index contributed by atoms with van der Waals surface area (Å²) in [7, 11) is 0. The number of benzene rings is 1. The van der Waals surface area contributed by atoms with Crippen LogP contribution in [-0.4, -0.2) is 23.6 Å². The van der Waals surface area contributed by atoms with Gasteiger partial charge in [-0.25, -0.2) is 13.6 Å². The van der Waals surface area contributed by atoms with Crippen molar-refractivity contribution in [2.45, 2.75) is 39.2 Å². The molecule has 2 atom stereocenters. The van der Waals surface area contributed by atoms with Gasteiger partial charge in [-0.15, -0.1) is 0 Å². The van der Waals surface area contributed by atoms with Crippen molar-refractivity contribution in [3.8, 4) is 0 Å². The van der Waals surface area contributed by atoms with E-state index < -0.39 is 40.4 Å². The zero-order valence-electron chi connectivity index (χ0n) is 12.7. The molecular weight excluding hydrogens is 328 g/mol. The summed E-state index contributed by atoms with van der Waals surface area (Å²) in [6, 6.07) is 0.902. The number of rotatable bonds is 6. The number of ketones is 1. The lowest BCUT2D eigenvalue weighted by Crippen LogP contribution is -2.19. The Bertz CT molecular complexity index is 690. The number of hydrogen-bond acceptors (Lipinski definition) is 4. The third-order valence-electron chi connectivity index (χ3n) is 3.73. The maximum Gasteiger partial charge on any atom is 0.352 e. The minimum Gasteiger partial charge on any atom is -0.457 e. The zero-order valence-corrected chi connectivity index (χ0v) is 13.5. The van der Waals surface area contributed by atoms with E-state index in [9.17, 15) is 18.4 Å². The second-order valence-corrected chi connectivity index (χ2v) is 5.92. The monoisotopic (exact) mass is 343 g/mol. The first kappa shape index (κ1) is 17.5. The standard InChI is InChI=1S/C16H16ClF2NO3/c1-3-4-11(20)16(22)23-12-6-8(12)15(21)9-5-10(18)7(2)14(19)13(9)17/h5,8,12,20H,3-4,6H2,1-2H3. The number of carbonyl (C=O) groups excluding carboxylic acids is 2. The smallest absolute Gasteiger partial charge is 0.352 e. The quantitative estimate of drug-likeness (QED) is 0.369. The van der Waals surface area contributed by atoms with E-state index in [-0.39, 0.29) is 23.3 Å². The molecule has 4 nitrogen and oxygen atoms in total. The molecule has 1 fully saturated rings. The van der Waals surface area contributed by atoms with Crippen LogP contribution in [0, 0.1) is 29.9 Å². The fourth-order valence-corrected chi connectivity index (χ4v) is 2.49. The highest BCUT2D eigenvalue weighted by molar-refractivity contribution is 6.35. The summed E-state index contributed by atoms with van der Waals surface area (Å²) in [4.78, 5) is 23.9. The van der Waals surface area contributed by atoms with Gasteiger partial charge in [0.2, 0.25) is 0 Å². The molecule has 1 N–H and O–H groups in total. The minimum atomic E-state index is -0.964. The van der Waals surface area contributed by atoms with Crippen molar-refractivity contribution < 1.29 is 23.1 Å². The number of carbonyl (C=O) groups is 2. The second kappa shape index (κ2) is 6.74. The van der Waals surface area contributed by atoms with Crippen LogP contribution in [0.5, 0.6) is 0 Å². The first-order valence-electron chi connectivity index (χ1n) is 7.24. The van der Waals surface area contributed by atoms with Gasteiger partial charge in [0, 0.05) is 11.1 Å². The van der Waals surface area contributed by atoms with E-state index in [1.807, 2.05) is 6.92 Å². The molecule has 0 spiro atoms. The molecule has 7 heteroatoms. The van der Waals surface area contributed by atoms with Crippen LogP contribution in [0.4, 0.5) is 8.78 Å². The second-order valence-electron chi connectivity index (χ2n) is 5.54. The van der Waals surface area contributed by atoms with Crippen molar-refractivity contribution in [1.82, 2.24) is 0 Å². The highest BCUT2D eigenvalue weighted by atomic mass is 35.5. The molecule has 0 radical (unpaired) electrons. The van der Waals surface area contributed by atoms with Gasteiger partial charge >= 0.3 is 5.97 Å². The van der Waals surface area contributed by atoms with Crippen molar-refractivity contribution >= 4 is 29.1 Å². The van der Waals surface area contributed by atoms with Crippen LogP contribution in [0.2, 0.25) is 5.02 Å². The molecule has 0 amide bonds. The summed E-state index contributed by atoms with van der Waals surface area (Å²) in [5.41, 5.74) is -0.658. The third-order valence-corrected chi connectivity index (χ3v) is 4.10.